The van der Waals surface area contributed by atoms with Gasteiger partial charge in [0.25, 0.3) is 0 Å². The van der Waals surface area contributed by atoms with Gasteiger partial charge in [-0.05, 0) is 41.8 Å². The number of nitrogens with one attached hydrogen (secondary N) is 1. The van der Waals surface area contributed by atoms with Crippen LogP contribution in [0, 0.1) is 0 Å². The zero-order chi connectivity index (χ0) is 16.2. The minimum Gasteiger partial charge on any atom is -0.493 e. The Labute approximate surface area is 135 Å². The number of pyridine rings is 1. The molecule has 0 saturated heterocycles. The Morgan fingerprint density at radius 1 is 1.22 bits per heavy atom. The topological polar surface area (TPSA) is 63.7 Å². The number of methoxy groups -OCH3 is 2. The molecule has 0 fully saturated rings. The van der Waals surface area contributed by atoms with Gasteiger partial charge in [0.15, 0.2) is 11.5 Å². The van der Waals surface area contributed by atoms with E-state index in [1.54, 1.807) is 37.6 Å². The third-order valence-electron chi connectivity index (χ3n) is 3.92. The van der Waals surface area contributed by atoms with Crippen LogP contribution in [-0.2, 0) is 13.0 Å². The summed E-state index contributed by atoms with van der Waals surface area (Å²) in [6.45, 7) is 1.20. The number of fused-ring (bicyclic) bond motifs is 1. The summed E-state index contributed by atoms with van der Waals surface area (Å²) in [5.41, 5.74) is 2.96. The second-order valence-electron chi connectivity index (χ2n) is 5.32. The number of ether oxygens (including phenoxy) is 2. The van der Waals surface area contributed by atoms with E-state index in [1.807, 2.05) is 18.2 Å². The fourth-order valence-corrected chi connectivity index (χ4v) is 2.70. The lowest BCUT2D eigenvalue weighted by Crippen LogP contribution is -2.38. The van der Waals surface area contributed by atoms with Crippen LogP contribution >= 0.6 is 0 Å². The second kappa shape index (κ2) is 6.56. The molecule has 3 rings (SSSR count). The van der Waals surface area contributed by atoms with Gasteiger partial charge in [0.1, 0.15) is 0 Å². The van der Waals surface area contributed by atoms with Crippen LogP contribution in [0.4, 0.5) is 10.5 Å². The Hall–Kier alpha value is -2.76. The van der Waals surface area contributed by atoms with Gasteiger partial charge in [-0.2, -0.15) is 0 Å². The first-order valence-corrected chi connectivity index (χ1v) is 7.41. The maximum atomic E-state index is 12.4. The molecule has 0 radical (unpaired) electrons. The van der Waals surface area contributed by atoms with E-state index < -0.39 is 0 Å². The number of hydrogen-bond donors (Lipinski definition) is 1. The largest absolute Gasteiger partial charge is 0.493 e. The Bertz CT molecular complexity index is 704. The Morgan fingerprint density at radius 2 is 1.96 bits per heavy atom. The van der Waals surface area contributed by atoms with Crippen molar-refractivity contribution in [3.05, 3.63) is 47.8 Å². The van der Waals surface area contributed by atoms with E-state index in [1.165, 1.54) is 5.56 Å². The molecule has 2 aromatic rings. The van der Waals surface area contributed by atoms with Gasteiger partial charge < -0.3 is 19.7 Å². The zero-order valence-corrected chi connectivity index (χ0v) is 13.2. The number of carbonyl (C=O) groups excluding carboxylic acids is 1. The van der Waals surface area contributed by atoms with Crippen molar-refractivity contribution in [2.45, 2.75) is 13.0 Å². The van der Waals surface area contributed by atoms with E-state index >= 15 is 0 Å². The molecule has 0 atom stereocenters. The highest BCUT2D eigenvalue weighted by molar-refractivity contribution is 5.89. The van der Waals surface area contributed by atoms with E-state index in [-0.39, 0.29) is 6.03 Å². The highest BCUT2D eigenvalue weighted by atomic mass is 16.5. The fraction of sp³-hybridized carbons (Fsp3) is 0.294. The normalized spacial score (nSPS) is 13.2. The standard InChI is InChI=1S/C17H19N3O3/c1-22-15-8-12-5-7-20(11-13(12)9-16(15)23-2)17(21)19-14-4-3-6-18-10-14/h3-4,6,8-10H,5,7,11H2,1-2H3,(H,19,21). The summed E-state index contributed by atoms with van der Waals surface area (Å²) in [4.78, 5) is 18.2. The van der Waals surface area contributed by atoms with Crippen LogP contribution in [0.3, 0.4) is 0 Å². The summed E-state index contributed by atoms with van der Waals surface area (Å²) >= 11 is 0. The summed E-state index contributed by atoms with van der Waals surface area (Å²) in [5, 5.41) is 2.86. The molecule has 1 aromatic carbocycles. The summed E-state index contributed by atoms with van der Waals surface area (Å²) < 4.78 is 10.7. The number of anilines is 1. The minimum absolute atomic E-state index is 0.126. The van der Waals surface area contributed by atoms with Crippen molar-refractivity contribution in [3.63, 3.8) is 0 Å². The van der Waals surface area contributed by atoms with Crippen LogP contribution in [0.25, 0.3) is 0 Å². The van der Waals surface area contributed by atoms with E-state index in [0.717, 1.165) is 17.7 Å². The molecule has 2 amide bonds. The van der Waals surface area contributed by atoms with Gasteiger partial charge >= 0.3 is 6.03 Å². The summed E-state index contributed by atoms with van der Waals surface area (Å²) in [6, 6.07) is 7.41. The lowest BCUT2D eigenvalue weighted by molar-refractivity contribution is 0.206. The smallest absolute Gasteiger partial charge is 0.322 e. The minimum atomic E-state index is -0.126. The Morgan fingerprint density at radius 3 is 2.61 bits per heavy atom. The average molecular weight is 313 g/mol. The molecule has 23 heavy (non-hydrogen) atoms. The molecular weight excluding hydrogens is 294 g/mol. The molecule has 1 aliphatic heterocycles. The molecule has 0 saturated carbocycles. The van der Waals surface area contributed by atoms with Crippen LogP contribution in [0.1, 0.15) is 11.1 Å². The van der Waals surface area contributed by atoms with E-state index in [2.05, 4.69) is 10.3 Å². The SMILES string of the molecule is COc1cc2c(cc1OC)CN(C(=O)Nc1cccnc1)CC2. The highest BCUT2D eigenvalue weighted by Gasteiger charge is 2.22. The Kier molecular flexibility index (Phi) is 4.32. The van der Waals surface area contributed by atoms with Crippen molar-refractivity contribution in [2.24, 2.45) is 0 Å². The molecule has 2 heterocycles. The third-order valence-corrected chi connectivity index (χ3v) is 3.92. The van der Waals surface area contributed by atoms with E-state index in [0.29, 0.717) is 24.5 Å². The van der Waals surface area contributed by atoms with Crippen molar-refractivity contribution in [2.75, 3.05) is 26.1 Å². The number of aromatic nitrogens is 1. The van der Waals surface area contributed by atoms with Gasteiger partial charge in [-0.15, -0.1) is 0 Å². The van der Waals surface area contributed by atoms with Gasteiger partial charge in [-0.25, -0.2) is 4.79 Å². The zero-order valence-electron chi connectivity index (χ0n) is 13.2. The number of urea groups is 1. The summed E-state index contributed by atoms with van der Waals surface area (Å²) in [5.74, 6) is 1.40. The number of rotatable bonds is 3. The van der Waals surface area contributed by atoms with Crippen molar-refractivity contribution >= 4 is 11.7 Å². The van der Waals surface area contributed by atoms with Gasteiger partial charge in [0, 0.05) is 19.3 Å². The number of carbonyl (C=O) groups is 1. The first kappa shape index (κ1) is 15.1. The Balaban J connectivity index is 1.75. The molecule has 0 spiro atoms. The first-order chi connectivity index (χ1) is 11.2. The number of benzene rings is 1. The van der Waals surface area contributed by atoms with Crippen molar-refractivity contribution in [1.29, 1.82) is 0 Å². The van der Waals surface area contributed by atoms with Gasteiger partial charge in [0.2, 0.25) is 0 Å². The predicted molar refractivity (Wildman–Crippen MR) is 86.9 cm³/mol. The average Bonchev–Trinajstić information content (AvgIpc) is 2.60. The van der Waals surface area contributed by atoms with Crippen LogP contribution in [0.2, 0.25) is 0 Å². The molecular formula is C17H19N3O3. The van der Waals surface area contributed by atoms with Gasteiger partial charge in [-0.1, -0.05) is 0 Å². The number of hydrogen-bond acceptors (Lipinski definition) is 4. The van der Waals surface area contributed by atoms with Crippen LogP contribution in [-0.4, -0.2) is 36.7 Å². The van der Waals surface area contributed by atoms with Crippen LogP contribution in [0.15, 0.2) is 36.7 Å². The van der Waals surface area contributed by atoms with Crippen LogP contribution < -0.4 is 14.8 Å². The molecule has 1 aromatic heterocycles. The van der Waals surface area contributed by atoms with Gasteiger partial charge in [0.05, 0.1) is 26.1 Å². The summed E-state index contributed by atoms with van der Waals surface area (Å²) in [6.07, 6.45) is 4.09. The maximum absolute atomic E-state index is 12.4. The lowest BCUT2D eigenvalue weighted by atomic mass is 9.99. The van der Waals surface area contributed by atoms with Crippen LogP contribution in [0.5, 0.6) is 11.5 Å². The third kappa shape index (κ3) is 3.21. The molecule has 6 heteroatoms. The van der Waals surface area contributed by atoms with E-state index in [9.17, 15) is 4.79 Å². The predicted octanol–water partition coefficient (Wildman–Crippen LogP) is 2.69. The van der Waals surface area contributed by atoms with Crippen molar-refractivity contribution in [3.8, 4) is 11.5 Å². The van der Waals surface area contributed by atoms with Crippen molar-refractivity contribution in [1.82, 2.24) is 9.88 Å². The number of amides is 2. The quantitative estimate of drug-likeness (QED) is 0.946. The van der Waals surface area contributed by atoms with Gasteiger partial charge in [-0.3, -0.25) is 4.98 Å². The van der Waals surface area contributed by atoms with E-state index in [4.69, 9.17) is 9.47 Å². The molecule has 0 bridgehead atoms. The molecule has 120 valence electrons. The molecule has 1 aliphatic rings. The lowest BCUT2D eigenvalue weighted by Gasteiger charge is -2.29. The summed E-state index contributed by atoms with van der Waals surface area (Å²) in [7, 11) is 3.24. The fourth-order valence-electron chi connectivity index (χ4n) is 2.70. The number of nitrogens with zero attached hydrogens (tertiary/aromatic N) is 2. The highest BCUT2D eigenvalue weighted by Crippen LogP contribution is 2.33. The van der Waals surface area contributed by atoms with Crippen molar-refractivity contribution < 1.29 is 14.3 Å². The molecule has 1 N–H and O–H groups in total. The molecule has 0 aliphatic carbocycles. The maximum Gasteiger partial charge on any atom is 0.322 e. The second-order valence-corrected chi connectivity index (χ2v) is 5.32. The first-order valence-electron chi connectivity index (χ1n) is 7.41. The molecule has 0 unspecified atom stereocenters. The monoisotopic (exact) mass is 313 g/mol. The molecule has 6 nitrogen and oxygen atoms in total.